The van der Waals surface area contributed by atoms with Gasteiger partial charge in [-0.15, -0.1) is 5.46 Å². The Kier molecular flexibility index (Phi) is 3.70. The molecule has 0 atom stereocenters. The van der Waals surface area contributed by atoms with Crippen molar-refractivity contribution >= 4 is 52.4 Å². The van der Waals surface area contributed by atoms with Gasteiger partial charge >= 0.3 is 7.05 Å². The number of hydrogen-bond donors (Lipinski definition) is 2. The van der Waals surface area contributed by atoms with E-state index in [1.807, 2.05) is 39.6 Å². The summed E-state index contributed by atoms with van der Waals surface area (Å²) in [7, 11) is 19.0. The van der Waals surface area contributed by atoms with Crippen LogP contribution < -0.4 is 21.9 Å². The van der Waals surface area contributed by atoms with Gasteiger partial charge in [-0.1, -0.05) is 10.9 Å². The maximum Gasteiger partial charge on any atom is 0.418 e. The number of phenolic OH excluding ortho intramolecular Hbond substituents is 2. The minimum atomic E-state index is -0.566. The molecule has 0 amide bonds. The second-order valence-electron chi connectivity index (χ2n) is 6.50. The normalized spacial score (nSPS) is 20.9. The number of nitrogens with zero attached hydrogens (tertiary/aromatic N) is 1. The summed E-state index contributed by atoms with van der Waals surface area (Å²) in [6.45, 7) is 8.03. The van der Waals surface area contributed by atoms with Crippen LogP contribution in [0.25, 0.3) is 0 Å². The highest BCUT2D eigenvalue weighted by atomic mass is 16.5. The summed E-state index contributed by atoms with van der Waals surface area (Å²) in [5.41, 5.74) is -0.385. The lowest BCUT2D eigenvalue weighted by atomic mass is 9.57. The van der Waals surface area contributed by atoms with Crippen LogP contribution in [0.3, 0.4) is 0 Å². The summed E-state index contributed by atoms with van der Waals surface area (Å²) >= 11 is 0. The van der Waals surface area contributed by atoms with Crippen molar-refractivity contribution in [2.75, 3.05) is 7.05 Å². The summed E-state index contributed by atoms with van der Waals surface area (Å²) < 4.78 is 6.09. The second-order valence-corrected chi connectivity index (χ2v) is 6.50. The third-order valence-electron chi connectivity index (χ3n) is 4.97. The van der Waals surface area contributed by atoms with Gasteiger partial charge in [0.2, 0.25) is 0 Å². The highest BCUT2D eigenvalue weighted by molar-refractivity contribution is 6.77. The van der Waals surface area contributed by atoms with E-state index in [4.69, 9.17) is 28.2 Å². The van der Waals surface area contributed by atoms with Gasteiger partial charge in [0, 0.05) is 5.54 Å². The van der Waals surface area contributed by atoms with Crippen LogP contribution in [0.15, 0.2) is 0 Å². The van der Waals surface area contributed by atoms with Gasteiger partial charge in [-0.3, -0.25) is 0 Å². The van der Waals surface area contributed by atoms with Crippen LogP contribution in [-0.4, -0.2) is 63.8 Å². The first-order chi connectivity index (χ1) is 9.43. The number of aromatic hydroxyl groups is 2. The van der Waals surface area contributed by atoms with E-state index >= 15 is 0 Å². The largest absolute Gasteiger partial charge is 0.505 e. The minimum absolute atomic E-state index is 0.0236. The zero-order valence-corrected chi connectivity index (χ0v) is 13.1. The molecule has 6 radical (unpaired) electrons. The number of likely N-dealkylation sites (N-methyl/N-ethyl adjacent to an activating group) is 1. The van der Waals surface area contributed by atoms with E-state index in [1.165, 1.54) is 0 Å². The van der Waals surface area contributed by atoms with Crippen LogP contribution in [0.5, 0.6) is 11.5 Å². The molecule has 0 saturated carbocycles. The standard InChI is InChI=1S/C13H17B4NO3/c1-12(2)13(3,4)21-17(18(12)5)9-6(14)7(15)10(19)11(20)8(9)16/h19-20H,1-5H3. The molecular weight excluding hydrogens is 261 g/mol. The van der Waals surface area contributed by atoms with E-state index < -0.39 is 24.2 Å². The zero-order chi connectivity index (χ0) is 16.3. The van der Waals surface area contributed by atoms with Crippen LogP contribution in [0, 0.1) is 0 Å². The average molecular weight is 279 g/mol. The van der Waals surface area contributed by atoms with Gasteiger partial charge in [-0.25, -0.2) is 0 Å². The number of rotatable bonds is 1. The van der Waals surface area contributed by atoms with Crippen LogP contribution in [0.4, 0.5) is 0 Å². The van der Waals surface area contributed by atoms with Crippen LogP contribution >= 0.6 is 0 Å². The molecular formula is C13H17B4NO3. The molecule has 0 unspecified atom stereocenters. The van der Waals surface area contributed by atoms with Crippen LogP contribution in [0.1, 0.15) is 27.7 Å². The molecule has 1 aromatic rings. The highest BCUT2D eigenvalue weighted by Gasteiger charge is 2.55. The van der Waals surface area contributed by atoms with Crippen molar-refractivity contribution in [3.63, 3.8) is 0 Å². The first-order valence-electron chi connectivity index (χ1n) is 6.72. The first kappa shape index (κ1) is 16.4. The molecule has 0 aromatic heterocycles. The topological polar surface area (TPSA) is 52.9 Å². The predicted octanol–water partition coefficient (Wildman–Crippen LogP) is -2.31. The van der Waals surface area contributed by atoms with Crippen molar-refractivity contribution in [2.45, 2.75) is 38.8 Å². The average Bonchev–Trinajstić information content (AvgIpc) is 2.55. The Morgan fingerprint density at radius 2 is 1.43 bits per heavy atom. The Hall–Kier alpha value is -1.00. The molecule has 1 aromatic carbocycles. The molecule has 21 heavy (non-hydrogen) atoms. The van der Waals surface area contributed by atoms with E-state index in [1.54, 1.807) is 0 Å². The fourth-order valence-electron chi connectivity index (χ4n) is 2.54. The molecule has 1 saturated heterocycles. The Bertz CT molecular complexity index is 575. The van der Waals surface area contributed by atoms with Crippen molar-refractivity contribution in [1.29, 1.82) is 0 Å². The van der Waals surface area contributed by atoms with E-state index in [0.29, 0.717) is 5.46 Å². The van der Waals surface area contributed by atoms with Gasteiger partial charge in [0.15, 0.2) is 0 Å². The lowest BCUT2D eigenvalue weighted by Crippen LogP contribution is -2.61. The Balaban J connectivity index is 2.65. The number of phenols is 2. The molecule has 104 valence electrons. The monoisotopic (exact) mass is 279 g/mol. The lowest BCUT2D eigenvalue weighted by molar-refractivity contribution is 0.0510. The van der Waals surface area contributed by atoms with Crippen molar-refractivity contribution < 1.29 is 14.9 Å². The molecule has 0 bridgehead atoms. The highest BCUT2D eigenvalue weighted by Crippen LogP contribution is 2.37. The molecule has 1 aliphatic heterocycles. The van der Waals surface area contributed by atoms with Gasteiger partial charge in [-0.05, 0) is 40.2 Å². The van der Waals surface area contributed by atoms with Crippen molar-refractivity contribution in [3.8, 4) is 11.5 Å². The van der Waals surface area contributed by atoms with E-state index in [0.717, 1.165) is 0 Å². The maximum absolute atomic E-state index is 9.91. The van der Waals surface area contributed by atoms with Crippen molar-refractivity contribution in [2.24, 2.45) is 0 Å². The van der Waals surface area contributed by atoms with E-state index in [-0.39, 0.29) is 21.9 Å². The SMILES string of the molecule is [B]c1c([B])c(B2OC(C)(C)C(C)(C)N2C)c([B])c(O)c1O. The van der Waals surface area contributed by atoms with Crippen molar-refractivity contribution in [1.82, 2.24) is 4.81 Å². The quantitative estimate of drug-likeness (QED) is 0.448. The maximum atomic E-state index is 9.91. The summed E-state index contributed by atoms with van der Waals surface area (Å²) in [4.78, 5) is 1.98. The fraction of sp³-hybridized carbons (Fsp3) is 0.538. The van der Waals surface area contributed by atoms with Gasteiger partial charge in [0.05, 0.1) is 5.60 Å². The molecule has 1 aliphatic rings. The third kappa shape index (κ3) is 2.11. The summed E-state index contributed by atoms with van der Waals surface area (Å²) in [5, 5.41) is 19.6. The summed E-state index contributed by atoms with van der Waals surface area (Å²) in [6.07, 6.45) is 0. The third-order valence-corrected chi connectivity index (χ3v) is 4.97. The molecule has 0 aliphatic carbocycles. The number of benzene rings is 1. The van der Waals surface area contributed by atoms with Crippen LogP contribution in [-0.2, 0) is 4.65 Å². The van der Waals surface area contributed by atoms with Gasteiger partial charge in [0.25, 0.3) is 0 Å². The molecule has 4 nitrogen and oxygen atoms in total. The molecule has 2 N–H and O–H groups in total. The molecule has 2 rings (SSSR count). The summed E-state index contributed by atoms with van der Waals surface area (Å²) in [5.74, 6) is -0.982. The minimum Gasteiger partial charge on any atom is -0.505 e. The predicted molar refractivity (Wildman–Crippen MR) is 88.3 cm³/mol. The van der Waals surface area contributed by atoms with Crippen molar-refractivity contribution in [3.05, 3.63) is 0 Å². The Morgan fingerprint density at radius 3 is 1.86 bits per heavy atom. The second kappa shape index (κ2) is 4.75. The molecule has 1 heterocycles. The van der Waals surface area contributed by atoms with E-state index in [9.17, 15) is 10.2 Å². The number of hydrogen-bond acceptors (Lipinski definition) is 4. The smallest absolute Gasteiger partial charge is 0.418 e. The Labute approximate surface area is 130 Å². The lowest BCUT2D eigenvalue weighted by Gasteiger charge is -2.38. The summed E-state index contributed by atoms with van der Waals surface area (Å²) in [6, 6.07) is 0. The van der Waals surface area contributed by atoms with Crippen LogP contribution in [0.2, 0.25) is 0 Å². The Morgan fingerprint density at radius 1 is 0.952 bits per heavy atom. The van der Waals surface area contributed by atoms with Gasteiger partial charge < -0.3 is 19.7 Å². The molecule has 8 heteroatoms. The van der Waals surface area contributed by atoms with E-state index in [2.05, 4.69) is 0 Å². The van der Waals surface area contributed by atoms with Gasteiger partial charge in [0.1, 0.15) is 35.0 Å². The fourth-order valence-corrected chi connectivity index (χ4v) is 2.54. The van der Waals surface area contributed by atoms with Gasteiger partial charge in [-0.2, -0.15) is 0 Å². The first-order valence-corrected chi connectivity index (χ1v) is 6.72. The molecule has 0 spiro atoms. The zero-order valence-electron chi connectivity index (χ0n) is 13.1. The molecule has 1 fully saturated rings.